The molecule has 1 unspecified atom stereocenters. The van der Waals surface area contributed by atoms with E-state index in [1.165, 1.54) is 32.4 Å². The molecule has 3 heteroatoms. The van der Waals surface area contributed by atoms with Gasteiger partial charge in [-0.05, 0) is 37.9 Å². The SMILES string of the molecule is CCCC1CCN(c2cccc(CNC)n2)C1. The van der Waals surface area contributed by atoms with Crippen LogP contribution in [0.4, 0.5) is 5.82 Å². The maximum absolute atomic E-state index is 4.70. The second-order valence-electron chi connectivity index (χ2n) is 4.91. The van der Waals surface area contributed by atoms with Gasteiger partial charge in [-0.2, -0.15) is 0 Å². The first-order valence-electron chi connectivity index (χ1n) is 6.69. The van der Waals surface area contributed by atoms with E-state index in [4.69, 9.17) is 4.98 Å². The Morgan fingerprint density at radius 3 is 3.12 bits per heavy atom. The summed E-state index contributed by atoms with van der Waals surface area (Å²) >= 11 is 0. The number of hydrogen-bond acceptors (Lipinski definition) is 3. The largest absolute Gasteiger partial charge is 0.356 e. The van der Waals surface area contributed by atoms with Gasteiger partial charge >= 0.3 is 0 Å². The summed E-state index contributed by atoms with van der Waals surface area (Å²) in [5.74, 6) is 2.02. The van der Waals surface area contributed by atoms with E-state index in [2.05, 4.69) is 35.3 Å². The summed E-state index contributed by atoms with van der Waals surface area (Å²) in [5, 5.41) is 3.15. The van der Waals surface area contributed by atoms with Crippen LogP contribution in [0.5, 0.6) is 0 Å². The van der Waals surface area contributed by atoms with Crippen LogP contribution in [-0.4, -0.2) is 25.1 Å². The van der Waals surface area contributed by atoms with Gasteiger partial charge in [0.25, 0.3) is 0 Å². The average Bonchev–Trinajstić information content (AvgIpc) is 2.79. The highest BCUT2D eigenvalue weighted by molar-refractivity contribution is 5.40. The molecule has 1 saturated heterocycles. The zero-order valence-corrected chi connectivity index (χ0v) is 10.9. The highest BCUT2D eigenvalue weighted by Gasteiger charge is 2.22. The summed E-state index contributed by atoms with van der Waals surface area (Å²) in [7, 11) is 1.96. The van der Waals surface area contributed by atoms with Gasteiger partial charge < -0.3 is 10.2 Å². The first-order valence-corrected chi connectivity index (χ1v) is 6.69. The van der Waals surface area contributed by atoms with Crippen molar-refractivity contribution in [2.75, 3.05) is 25.0 Å². The maximum Gasteiger partial charge on any atom is 0.128 e. The second kappa shape index (κ2) is 6.01. The Balaban J connectivity index is 2.00. The summed E-state index contributed by atoms with van der Waals surface area (Å²) in [6, 6.07) is 6.33. The summed E-state index contributed by atoms with van der Waals surface area (Å²) in [6.07, 6.45) is 3.98. The van der Waals surface area contributed by atoms with E-state index < -0.39 is 0 Å². The zero-order chi connectivity index (χ0) is 12.1. The molecule has 0 spiro atoms. The molecular weight excluding hydrogens is 210 g/mol. The fraction of sp³-hybridized carbons (Fsp3) is 0.643. The molecule has 2 heterocycles. The lowest BCUT2D eigenvalue weighted by atomic mass is 10.0. The van der Waals surface area contributed by atoms with Crippen LogP contribution in [0.2, 0.25) is 0 Å². The lowest BCUT2D eigenvalue weighted by Crippen LogP contribution is -2.21. The molecule has 2 rings (SSSR count). The Kier molecular flexibility index (Phi) is 4.37. The van der Waals surface area contributed by atoms with Crippen LogP contribution in [0, 0.1) is 5.92 Å². The zero-order valence-electron chi connectivity index (χ0n) is 10.9. The number of nitrogens with zero attached hydrogens (tertiary/aromatic N) is 2. The van der Waals surface area contributed by atoms with Gasteiger partial charge in [0, 0.05) is 19.6 Å². The first kappa shape index (κ1) is 12.4. The van der Waals surface area contributed by atoms with Crippen LogP contribution in [-0.2, 0) is 6.54 Å². The minimum Gasteiger partial charge on any atom is -0.356 e. The van der Waals surface area contributed by atoms with Crippen molar-refractivity contribution in [2.24, 2.45) is 5.92 Å². The van der Waals surface area contributed by atoms with E-state index in [0.717, 1.165) is 24.0 Å². The quantitative estimate of drug-likeness (QED) is 0.846. The molecule has 17 heavy (non-hydrogen) atoms. The molecule has 1 N–H and O–H groups in total. The van der Waals surface area contributed by atoms with Crippen molar-refractivity contribution in [3.8, 4) is 0 Å². The third kappa shape index (κ3) is 3.19. The smallest absolute Gasteiger partial charge is 0.128 e. The van der Waals surface area contributed by atoms with Gasteiger partial charge in [0.1, 0.15) is 5.82 Å². The topological polar surface area (TPSA) is 28.2 Å². The molecule has 1 fully saturated rings. The number of aromatic nitrogens is 1. The molecular formula is C14H23N3. The highest BCUT2D eigenvalue weighted by Crippen LogP contribution is 2.25. The molecule has 0 bridgehead atoms. The van der Waals surface area contributed by atoms with Crippen molar-refractivity contribution in [3.05, 3.63) is 23.9 Å². The van der Waals surface area contributed by atoms with Gasteiger partial charge in [0.05, 0.1) is 5.69 Å². The molecule has 94 valence electrons. The predicted octanol–water partition coefficient (Wildman–Crippen LogP) is 2.43. The van der Waals surface area contributed by atoms with E-state index in [9.17, 15) is 0 Å². The number of nitrogens with one attached hydrogen (secondary N) is 1. The first-order chi connectivity index (χ1) is 8.33. The third-order valence-electron chi connectivity index (χ3n) is 3.46. The van der Waals surface area contributed by atoms with Gasteiger partial charge in [0.2, 0.25) is 0 Å². The number of pyridine rings is 1. The van der Waals surface area contributed by atoms with E-state index in [-0.39, 0.29) is 0 Å². The van der Waals surface area contributed by atoms with Crippen LogP contribution in [0.1, 0.15) is 31.9 Å². The van der Waals surface area contributed by atoms with Crippen molar-refractivity contribution in [3.63, 3.8) is 0 Å². The lowest BCUT2D eigenvalue weighted by molar-refractivity contribution is 0.529. The minimum absolute atomic E-state index is 0.847. The minimum atomic E-state index is 0.847. The summed E-state index contributed by atoms with van der Waals surface area (Å²) < 4.78 is 0. The van der Waals surface area contributed by atoms with E-state index in [0.29, 0.717) is 0 Å². The van der Waals surface area contributed by atoms with Gasteiger partial charge in [-0.1, -0.05) is 19.4 Å². The second-order valence-corrected chi connectivity index (χ2v) is 4.91. The molecule has 3 nitrogen and oxygen atoms in total. The maximum atomic E-state index is 4.70. The molecule has 1 aromatic rings. The molecule has 1 atom stereocenters. The molecule has 1 aromatic heterocycles. The van der Waals surface area contributed by atoms with Crippen molar-refractivity contribution in [2.45, 2.75) is 32.7 Å². The van der Waals surface area contributed by atoms with Gasteiger partial charge in [-0.3, -0.25) is 0 Å². The molecule has 0 radical (unpaired) electrons. The Bertz CT molecular complexity index is 351. The van der Waals surface area contributed by atoms with Crippen molar-refractivity contribution < 1.29 is 0 Å². The standard InChI is InChI=1S/C14H23N3/c1-3-5-12-8-9-17(11-12)14-7-4-6-13(16-14)10-15-2/h4,6-7,12,15H,3,5,8-11H2,1-2H3. The summed E-state index contributed by atoms with van der Waals surface area (Å²) in [5.41, 5.74) is 1.13. The van der Waals surface area contributed by atoms with Crippen LogP contribution in [0.25, 0.3) is 0 Å². The van der Waals surface area contributed by atoms with Gasteiger partial charge in [0.15, 0.2) is 0 Å². The lowest BCUT2D eigenvalue weighted by Gasteiger charge is -2.18. The Hall–Kier alpha value is -1.09. The molecule has 1 aliphatic rings. The predicted molar refractivity (Wildman–Crippen MR) is 72.2 cm³/mol. The van der Waals surface area contributed by atoms with Crippen LogP contribution >= 0.6 is 0 Å². The molecule has 0 saturated carbocycles. The molecule has 0 amide bonds. The van der Waals surface area contributed by atoms with Gasteiger partial charge in [-0.15, -0.1) is 0 Å². The Morgan fingerprint density at radius 1 is 1.47 bits per heavy atom. The normalized spacial score (nSPS) is 19.9. The average molecular weight is 233 g/mol. The van der Waals surface area contributed by atoms with Crippen LogP contribution in [0.15, 0.2) is 18.2 Å². The summed E-state index contributed by atoms with van der Waals surface area (Å²) in [6.45, 7) is 5.47. The summed E-state index contributed by atoms with van der Waals surface area (Å²) in [4.78, 5) is 7.13. The Labute approximate surface area is 104 Å². The number of anilines is 1. The molecule has 0 aliphatic carbocycles. The third-order valence-corrected chi connectivity index (χ3v) is 3.46. The van der Waals surface area contributed by atoms with Gasteiger partial charge in [-0.25, -0.2) is 4.98 Å². The monoisotopic (exact) mass is 233 g/mol. The van der Waals surface area contributed by atoms with Crippen molar-refractivity contribution >= 4 is 5.82 Å². The molecule has 0 aromatic carbocycles. The number of rotatable bonds is 5. The van der Waals surface area contributed by atoms with E-state index in [1.807, 2.05) is 7.05 Å². The van der Waals surface area contributed by atoms with Crippen molar-refractivity contribution in [1.29, 1.82) is 0 Å². The molecule has 1 aliphatic heterocycles. The highest BCUT2D eigenvalue weighted by atomic mass is 15.2. The fourth-order valence-electron chi connectivity index (χ4n) is 2.61. The van der Waals surface area contributed by atoms with E-state index in [1.54, 1.807) is 0 Å². The van der Waals surface area contributed by atoms with Crippen LogP contribution < -0.4 is 10.2 Å². The van der Waals surface area contributed by atoms with Crippen molar-refractivity contribution in [1.82, 2.24) is 10.3 Å². The Morgan fingerprint density at radius 2 is 2.35 bits per heavy atom. The van der Waals surface area contributed by atoms with Crippen LogP contribution in [0.3, 0.4) is 0 Å². The number of hydrogen-bond donors (Lipinski definition) is 1. The fourth-order valence-corrected chi connectivity index (χ4v) is 2.61. The van der Waals surface area contributed by atoms with E-state index >= 15 is 0 Å².